The summed E-state index contributed by atoms with van der Waals surface area (Å²) in [6.07, 6.45) is 5.56. The van der Waals surface area contributed by atoms with Gasteiger partial charge in [-0.25, -0.2) is 15.0 Å². The van der Waals surface area contributed by atoms with Crippen LogP contribution in [0.1, 0.15) is 49.4 Å². The summed E-state index contributed by atoms with van der Waals surface area (Å²) >= 11 is 1.46. The lowest BCUT2D eigenvalue weighted by atomic mass is 9.69. The van der Waals surface area contributed by atoms with Gasteiger partial charge in [0.1, 0.15) is 10.6 Å². The number of aromatic nitrogens is 3. The van der Waals surface area contributed by atoms with Gasteiger partial charge in [0.25, 0.3) is 0 Å². The van der Waals surface area contributed by atoms with E-state index in [1.54, 1.807) is 19.3 Å². The molecule has 0 spiro atoms. The van der Waals surface area contributed by atoms with Gasteiger partial charge in [0.05, 0.1) is 10.8 Å². The first-order valence-electron chi connectivity index (χ1n) is 11.2. The fraction of sp³-hybridized carbons (Fsp3) is 0.440. The summed E-state index contributed by atoms with van der Waals surface area (Å²) in [5.74, 6) is -0.679. The van der Waals surface area contributed by atoms with Crippen molar-refractivity contribution in [3.8, 4) is 10.4 Å². The highest BCUT2D eigenvalue weighted by Crippen LogP contribution is 2.45. The van der Waals surface area contributed by atoms with E-state index in [1.165, 1.54) is 11.3 Å². The lowest BCUT2D eigenvalue weighted by molar-refractivity contribution is -0.147. The zero-order valence-corrected chi connectivity index (χ0v) is 20.2. The summed E-state index contributed by atoms with van der Waals surface area (Å²) in [6, 6.07) is 7.98. The molecular formula is C25H30N4O3S. The van der Waals surface area contributed by atoms with Crippen LogP contribution in [0.2, 0.25) is 0 Å². The Bertz CT molecular complexity index is 1160. The van der Waals surface area contributed by atoms with Crippen molar-refractivity contribution in [3.05, 3.63) is 52.9 Å². The number of aliphatic hydroxyl groups is 1. The van der Waals surface area contributed by atoms with Gasteiger partial charge in [0, 0.05) is 23.8 Å². The van der Waals surface area contributed by atoms with Crippen molar-refractivity contribution in [1.82, 2.24) is 15.0 Å². The largest absolute Gasteiger partial charge is 0.481 e. The molecule has 174 valence electrons. The number of nitrogens with zero attached hydrogens (tertiary/aromatic N) is 3. The van der Waals surface area contributed by atoms with Gasteiger partial charge in [-0.15, -0.1) is 11.3 Å². The number of aliphatic carboxylic acids is 1. The van der Waals surface area contributed by atoms with E-state index in [0.29, 0.717) is 17.4 Å². The Morgan fingerprint density at radius 1 is 1.21 bits per heavy atom. The van der Waals surface area contributed by atoms with Crippen LogP contribution in [0.5, 0.6) is 0 Å². The zero-order chi connectivity index (χ0) is 23.8. The quantitative estimate of drug-likeness (QED) is 0.452. The smallest absolute Gasteiger partial charge is 0.306 e. The van der Waals surface area contributed by atoms with Crippen LogP contribution in [-0.4, -0.2) is 31.1 Å². The molecule has 1 saturated carbocycles. The van der Waals surface area contributed by atoms with Crippen LogP contribution in [0, 0.1) is 31.6 Å². The second-order valence-electron chi connectivity index (χ2n) is 9.34. The predicted molar refractivity (Wildman–Crippen MR) is 130 cm³/mol. The van der Waals surface area contributed by atoms with Crippen molar-refractivity contribution in [1.29, 1.82) is 0 Å². The van der Waals surface area contributed by atoms with Gasteiger partial charge in [-0.05, 0) is 81.2 Å². The number of carboxylic acids is 1. The van der Waals surface area contributed by atoms with E-state index in [0.717, 1.165) is 40.2 Å². The number of benzene rings is 1. The molecule has 8 heteroatoms. The van der Waals surface area contributed by atoms with E-state index in [1.807, 2.05) is 39.0 Å². The Hall–Kier alpha value is -2.84. The lowest BCUT2D eigenvalue weighted by Gasteiger charge is -2.39. The van der Waals surface area contributed by atoms with Gasteiger partial charge in [-0.2, -0.15) is 0 Å². The fourth-order valence-electron chi connectivity index (χ4n) is 4.63. The number of hydrogen-bond donors (Lipinski definition) is 3. The first-order valence-corrected chi connectivity index (χ1v) is 12.1. The fourth-order valence-corrected chi connectivity index (χ4v) is 5.66. The molecule has 3 N–H and O–H groups in total. The maximum Gasteiger partial charge on any atom is 0.306 e. The zero-order valence-electron chi connectivity index (χ0n) is 19.4. The number of rotatable bonds is 6. The third-order valence-corrected chi connectivity index (χ3v) is 7.93. The van der Waals surface area contributed by atoms with Gasteiger partial charge >= 0.3 is 5.97 Å². The third-order valence-electron chi connectivity index (χ3n) is 6.66. The number of aryl methyl sites for hydroxylation is 2. The molecule has 2 heterocycles. The minimum atomic E-state index is -1.17. The molecule has 0 saturated heterocycles. The van der Waals surface area contributed by atoms with Gasteiger partial charge < -0.3 is 15.5 Å². The van der Waals surface area contributed by atoms with Crippen LogP contribution in [0.4, 0.5) is 11.6 Å². The molecule has 0 bridgehead atoms. The molecule has 4 atom stereocenters. The predicted octanol–water partition coefficient (Wildman–Crippen LogP) is 5.31. The molecule has 0 radical (unpaired) electrons. The van der Waals surface area contributed by atoms with Gasteiger partial charge in [-0.1, -0.05) is 13.0 Å². The molecule has 0 aliphatic heterocycles. The summed E-state index contributed by atoms with van der Waals surface area (Å²) in [5, 5.41) is 24.9. The third kappa shape index (κ3) is 5.07. The lowest BCUT2D eigenvalue weighted by Crippen LogP contribution is -2.39. The molecular weight excluding hydrogens is 436 g/mol. The minimum Gasteiger partial charge on any atom is -0.481 e. The number of thiazole rings is 1. The summed E-state index contributed by atoms with van der Waals surface area (Å²) in [4.78, 5) is 25.8. The van der Waals surface area contributed by atoms with Crippen molar-refractivity contribution >= 4 is 28.9 Å². The van der Waals surface area contributed by atoms with E-state index >= 15 is 0 Å². The Balaban J connectivity index is 1.57. The molecule has 1 aromatic carbocycles. The van der Waals surface area contributed by atoms with Crippen molar-refractivity contribution in [2.24, 2.45) is 17.8 Å². The summed E-state index contributed by atoms with van der Waals surface area (Å²) < 4.78 is 0. The molecule has 1 aliphatic rings. The highest BCUT2D eigenvalue weighted by molar-refractivity contribution is 7.15. The second kappa shape index (κ2) is 9.19. The Morgan fingerprint density at radius 3 is 2.73 bits per heavy atom. The Labute approximate surface area is 198 Å². The molecule has 1 aliphatic carbocycles. The van der Waals surface area contributed by atoms with Gasteiger partial charge in [0.2, 0.25) is 5.95 Å². The molecule has 7 nitrogen and oxygen atoms in total. The number of hydrogen-bond acceptors (Lipinski definition) is 7. The summed E-state index contributed by atoms with van der Waals surface area (Å²) in [6.45, 7) is 7.70. The van der Waals surface area contributed by atoms with Gasteiger partial charge in [0.15, 0.2) is 0 Å². The number of anilines is 2. The number of carboxylic acid groups (broad SMARTS) is 1. The van der Waals surface area contributed by atoms with E-state index < -0.39 is 17.5 Å². The van der Waals surface area contributed by atoms with Crippen LogP contribution in [0.15, 0.2) is 36.7 Å². The second-order valence-corrected chi connectivity index (χ2v) is 10.4. The van der Waals surface area contributed by atoms with Crippen molar-refractivity contribution in [2.45, 2.75) is 52.6 Å². The SMILES string of the molecule is Cc1cc(Nc2nccc(C)n2)cc(-c2cnc(C(C)(O)C3CCC(C)C(C(=O)O)C3)s2)c1. The van der Waals surface area contributed by atoms with Crippen molar-refractivity contribution < 1.29 is 15.0 Å². The van der Waals surface area contributed by atoms with Crippen molar-refractivity contribution in [3.63, 3.8) is 0 Å². The van der Waals surface area contributed by atoms with Crippen LogP contribution >= 0.6 is 11.3 Å². The van der Waals surface area contributed by atoms with Crippen LogP contribution in [0.3, 0.4) is 0 Å². The minimum absolute atomic E-state index is 0.122. The first-order chi connectivity index (χ1) is 15.6. The molecule has 3 aromatic rings. The molecule has 4 rings (SSSR count). The first kappa shape index (κ1) is 23.3. The Kier molecular flexibility index (Phi) is 6.50. The monoisotopic (exact) mass is 466 g/mol. The summed E-state index contributed by atoms with van der Waals surface area (Å²) in [5.41, 5.74) is 2.66. The molecule has 0 amide bonds. The van der Waals surface area contributed by atoms with E-state index in [4.69, 9.17) is 0 Å². The average Bonchev–Trinajstić information content (AvgIpc) is 3.24. The topological polar surface area (TPSA) is 108 Å². The maximum absolute atomic E-state index is 11.7. The van der Waals surface area contributed by atoms with Crippen LogP contribution in [0.25, 0.3) is 10.4 Å². The Morgan fingerprint density at radius 2 is 2.00 bits per heavy atom. The van der Waals surface area contributed by atoms with Crippen molar-refractivity contribution in [2.75, 3.05) is 5.32 Å². The molecule has 1 fully saturated rings. The van der Waals surface area contributed by atoms with E-state index in [-0.39, 0.29) is 11.8 Å². The number of nitrogens with one attached hydrogen (secondary N) is 1. The van der Waals surface area contributed by atoms with Crippen LogP contribution in [-0.2, 0) is 10.4 Å². The molecule has 2 aromatic heterocycles. The standard InChI is InChI=1S/C25H30N4O3S/c1-14-9-17(11-19(10-14)29-24-26-8-7-16(3)28-24)21-13-27-23(33-21)25(4,32)18-6-5-15(2)20(12-18)22(30)31/h7-11,13,15,18,20,32H,5-6,12H2,1-4H3,(H,30,31)(H,26,28,29). The number of carbonyl (C=O) groups is 1. The highest BCUT2D eigenvalue weighted by atomic mass is 32.1. The van der Waals surface area contributed by atoms with E-state index in [9.17, 15) is 15.0 Å². The van der Waals surface area contributed by atoms with Gasteiger partial charge in [-0.3, -0.25) is 4.79 Å². The average molecular weight is 467 g/mol. The maximum atomic E-state index is 11.7. The van der Waals surface area contributed by atoms with E-state index in [2.05, 4.69) is 26.3 Å². The molecule has 4 unspecified atom stereocenters. The summed E-state index contributed by atoms with van der Waals surface area (Å²) in [7, 11) is 0. The molecule has 33 heavy (non-hydrogen) atoms. The van der Waals surface area contributed by atoms with Crippen LogP contribution < -0.4 is 5.32 Å². The highest BCUT2D eigenvalue weighted by Gasteiger charge is 2.43. The normalized spacial score (nSPS) is 22.5.